The summed E-state index contributed by atoms with van der Waals surface area (Å²) in [7, 11) is 2.02. The number of imidazole rings is 1. The van der Waals surface area contributed by atoms with Gasteiger partial charge in [-0.1, -0.05) is 18.2 Å². The van der Waals surface area contributed by atoms with Crippen molar-refractivity contribution in [1.82, 2.24) is 19.5 Å². The fourth-order valence-electron chi connectivity index (χ4n) is 2.49. The van der Waals surface area contributed by atoms with Gasteiger partial charge in [0.25, 0.3) is 0 Å². The predicted molar refractivity (Wildman–Crippen MR) is 75.8 cm³/mol. The van der Waals surface area contributed by atoms with Crippen molar-refractivity contribution in [3.05, 3.63) is 48.8 Å². The number of pyridine rings is 1. The van der Waals surface area contributed by atoms with Gasteiger partial charge >= 0.3 is 0 Å². The molecule has 1 aromatic carbocycles. The van der Waals surface area contributed by atoms with E-state index in [-0.39, 0.29) is 0 Å². The SMILES string of the molecule is Cn1c(-c2cc3ccccc3[nH]2)nc2cnccc21. The quantitative estimate of drug-likeness (QED) is 0.562. The van der Waals surface area contributed by atoms with Crippen LogP contribution >= 0.6 is 0 Å². The summed E-state index contributed by atoms with van der Waals surface area (Å²) in [4.78, 5) is 12.2. The molecule has 4 aromatic rings. The molecule has 1 N–H and O–H groups in total. The van der Waals surface area contributed by atoms with Gasteiger partial charge in [-0.3, -0.25) is 4.98 Å². The largest absolute Gasteiger partial charge is 0.352 e. The molecule has 4 rings (SSSR count). The van der Waals surface area contributed by atoms with Crippen LogP contribution in [0.4, 0.5) is 0 Å². The van der Waals surface area contributed by atoms with Gasteiger partial charge in [0.2, 0.25) is 0 Å². The molecule has 0 saturated heterocycles. The Hall–Kier alpha value is -2.62. The first-order valence-electron chi connectivity index (χ1n) is 6.17. The summed E-state index contributed by atoms with van der Waals surface area (Å²) in [5.41, 5.74) is 4.16. The summed E-state index contributed by atoms with van der Waals surface area (Å²) in [6.45, 7) is 0. The Morgan fingerprint density at radius 2 is 2.05 bits per heavy atom. The third-order valence-corrected chi connectivity index (χ3v) is 3.45. The molecule has 0 bridgehead atoms. The van der Waals surface area contributed by atoms with Crippen molar-refractivity contribution in [2.75, 3.05) is 0 Å². The number of aromatic nitrogens is 4. The monoisotopic (exact) mass is 248 g/mol. The molecule has 19 heavy (non-hydrogen) atoms. The van der Waals surface area contributed by atoms with Crippen LogP contribution < -0.4 is 0 Å². The molecule has 0 aliphatic carbocycles. The van der Waals surface area contributed by atoms with Crippen LogP contribution in [0.25, 0.3) is 33.5 Å². The normalized spacial score (nSPS) is 11.4. The summed E-state index contributed by atoms with van der Waals surface area (Å²) in [5, 5.41) is 1.20. The second kappa shape index (κ2) is 3.68. The molecule has 3 aromatic heterocycles. The molecule has 0 aliphatic heterocycles. The molecule has 0 radical (unpaired) electrons. The Kier molecular flexibility index (Phi) is 2.00. The number of aromatic amines is 1. The minimum atomic E-state index is 0.915. The van der Waals surface area contributed by atoms with Crippen LogP contribution in [-0.4, -0.2) is 19.5 Å². The van der Waals surface area contributed by atoms with E-state index in [1.807, 2.05) is 25.2 Å². The highest BCUT2D eigenvalue weighted by atomic mass is 15.1. The Morgan fingerprint density at radius 3 is 2.89 bits per heavy atom. The van der Waals surface area contributed by atoms with E-state index in [9.17, 15) is 0 Å². The number of fused-ring (bicyclic) bond motifs is 2. The summed E-state index contributed by atoms with van der Waals surface area (Å²) in [6, 6.07) is 12.3. The molecule has 0 aliphatic rings. The van der Waals surface area contributed by atoms with Gasteiger partial charge in [-0.05, 0) is 18.2 Å². The molecule has 0 fully saturated rings. The number of benzene rings is 1. The number of nitrogens with zero attached hydrogens (tertiary/aromatic N) is 3. The summed E-state index contributed by atoms with van der Waals surface area (Å²) < 4.78 is 2.09. The van der Waals surface area contributed by atoms with Crippen LogP contribution in [-0.2, 0) is 7.05 Å². The van der Waals surface area contributed by atoms with Crippen molar-refractivity contribution in [2.24, 2.45) is 7.05 Å². The van der Waals surface area contributed by atoms with Gasteiger partial charge in [-0.15, -0.1) is 0 Å². The topological polar surface area (TPSA) is 46.5 Å². The number of aryl methyl sites for hydroxylation is 1. The van der Waals surface area contributed by atoms with Gasteiger partial charge < -0.3 is 9.55 Å². The van der Waals surface area contributed by atoms with E-state index in [4.69, 9.17) is 0 Å². The number of nitrogens with one attached hydrogen (secondary N) is 1. The standard InChI is InChI=1S/C15H12N4/c1-19-14-6-7-16-9-13(14)18-15(19)12-8-10-4-2-3-5-11(10)17-12/h2-9,17H,1H3. The van der Waals surface area contributed by atoms with Crippen molar-refractivity contribution in [2.45, 2.75) is 0 Å². The second-order valence-electron chi connectivity index (χ2n) is 4.63. The van der Waals surface area contributed by atoms with Crippen LogP contribution in [0.1, 0.15) is 0 Å². The second-order valence-corrected chi connectivity index (χ2v) is 4.63. The maximum Gasteiger partial charge on any atom is 0.157 e. The van der Waals surface area contributed by atoms with Crippen LogP contribution in [0.15, 0.2) is 48.8 Å². The minimum absolute atomic E-state index is 0.915. The molecular formula is C15H12N4. The zero-order chi connectivity index (χ0) is 12.8. The van der Waals surface area contributed by atoms with Gasteiger partial charge in [0, 0.05) is 24.1 Å². The highest BCUT2D eigenvalue weighted by Gasteiger charge is 2.11. The maximum absolute atomic E-state index is 4.65. The lowest BCUT2D eigenvalue weighted by Gasteiger charge is -1.98. The average Bonchev–Trinajstić information content (AvgIpc) is 3.00. The van der Waals surface area contributed by atoms with Gasteiger partial charge in [-0.25, -0.2) is 4.98 Å². The lowest BCUT2D eigenvalue weighted by Crippen LogP contribution is -1.92. The lowest BCUT2D eigenvalue weighted by molar-refractivity contribution is 0.953. The number of para-hydroxylation sites is 1. The first-order chi connectivity index (χ1) is 9.33. The van der Waals surface area contributed by atoms with E-state index in [0.29, 0.717) is 0 Å². The van der Waals surface area contributed by atoms with Crippen molar-refractivity contribution >= 4 is 21.9 Å². The summed E-state index contributed by atoms with van der Waals surface area (Å²) in [5.74, 6) is 0.930. The molecule has 0 amide bonds. The number of hydrogen-bond acceptors (Lipinski definition) is 2. The molecule has 0 spiro atoms. The molecular weight excluding hydrogens is 236 g/mol. The highest BCUT2D eigenvalue weighted by molar-refractivity contribution is 5.86. The zero-order valence-electron chi connectivity index (χ0n) is 10.5. The maximum atomic E-state index is 4.65. The third-order valence-electron chi connectivity index (χ3n) is 3.45. The number of H-pyrrole nitrogens is 1. The summed E-state index contributed by atoms with van der Waals surface area (Å²) >= 11 is 0. The van der Waals surface area contributed by atoms with Crippen molar-refractivity contribution in [1.29, 1.82) is 0 Å². The molecule has 92 valence electrons. The molecule has 0 atom stereocenters. The Morgan fingerprint density at radius 1 is 1.16 bits per heavy atom. The lowest BCUT2D eigenvalue weighted by atomic mass is 10.2. The van der Waals surface area contributed by atoms with Gasteiger partial charge in [0.15, 0.2) is 5.82 Å². The van der Waals surface area contributed by atoms with E-state index in [2.05, 4.69) is 37.7 Å². The van der Waals surface area contributed by atoms with E-state index in [0.717, 1.165) is 28.1 Å². The molecule has 4 heteroatoms. The van der Waals surface area contributed by atoms with Gasteiger partial charge in [0.05, 0.1) is 17.4 Å². The Bertz CT molecular complexity index is 852. The average molecular weight is 248 g/mol. The Labute approximate surface area is 109 Å². The van der Waals surface area contributed by atoms with Crippen molar-refractivity contribution in [3.63, 3.8) is 0 Å². The van der Waals surface area contributed by atoms with Gasteiger partial charge in [0.1, 0.15) is 5.52 Å². The molecule has 0 saturated carbocycles. The predicted octanol–water partition coefficient (Wildman–Crippen LogP) is 3.12. The van der Waals surface area contributed by atoms with E-state index < -0.39 is 0 Å². The summed E-state index contributed by atoms with van der Waals surface area (Å²) in [6.07, 6.45) is 3.58. The molecule has 3 heterocycles. The molecule has 4 nitrogen and oxygen atoms in total. The van der Waals surface area contributed by atoms with E-state index >= 15 is 0 Å². The third kappa shape index (κ3) is 1.46. The molecule has 0 unspecified atom stereocenters. The van der Waals surface area contributed by atoms with Gasteiger partial charge in [-0.2, -0.15) is 0 Å². The number of hydrogen-bond donors (Lipinski definition) is 1. The van der Waals surface area contributed by atoms with Crippen molar-refractivity contribution in [3.8, 4) is 11.5 Å². The first-order valence-corrected chi connectivity index (χ1v) is 6.17. The first kappa shape index (κ1) is 10.3. The van der Waals surface area contributed by atoms with Crippen LogP contribution in [0.2, 0.25) is 0 Å². The highest BCUT2D eigenvalue weighted by Crippen LogP contribution is 2.25. The van der Waals surface area contributed by atoms with Crippen molar-refractivity contribution < 1.29 is 0 Å². The van der Waals surface area contributed by atoms with E-state index in [1.165, 1.54) is 5.39 Å². The number of rotatable bonds is 1. The van der Waals surface area contributed by atoms with E-state index in [1.54, 1.807) is 12.4 Å². The van der Waals surface area contributed by atoms with Crippen LogP contribution in [0.5, 0.6) is 0 Å². The van der Waals surface area contributed by atoms with Crippen LogP contribution in [0, 0.1) is 0 Å². The fourth-order valence-corrected chi connectivity index (χ4v) is 2.49. The Balaban J connectivity index is 2.01. The smallest absolute Gasteiger partial charge is 0.157 e. The minimum Gasteiger partial charge on any atom is -0.352 e. The zero-order valence-corrected chi connectivity index (χ0v) is 10.5. The fraction of sp³-hybridized carbons (Fsp3) is 0.0667. The van der Waals surface area contributed by atoms with Crippen LogP contribution in [0.3, 0.4) is 0 Å².